The summed E-state index contributed by atoms with van der Waals surface area (Å²) in [6.45, 7) is 6.49. The molecule has 0 N–H and O–H groups in total. The van der Waals surface area contributed by atoms with Crippen LogP contribution in [0.1, 0.15) is 303 Å². The predicted octanol–water partition coefficient (Wildman–Crippen LogP) is 20.5. The van der Waals surface area contributed by atoms with Crippen LogP contribution < -0.4 is 0 Å². The zero-order valence-electron chi connectivity index (χ0n) is 47.0. The highest BCUT2D eigenvalue weighted by Crippen LogP contribution is 2.16. The molecule has 0 saturated carbocycles. The second-order valence-electron chi connectivity index (χ2n) is 20.2. The van der Waals surface area contributed by atoms with Crippen LogP contribution in [0, 0.1) is 0 Å². The highest BCUT2D eigenvalue weighted by molar-refractivity contribution is 5.71. The van der Waals surface area contributed by atoms with Gasteiger partial charge in [0.2, 0.25) is 0 Å². The zero-order valence-corrected chi connectivity index (χ0v) is 47.0. The zero-order chi connectivity index (χ0) is 51.4. The Bertz CT molecular complexity index is 1320. The molecule has 71 heavy (non-hydrogen) atoms. The van der Waals surface area contributed by atoms with E-state index in [4.69, 9.17) is 14.2 Å². The highest BCUT2D eigenvalue weighted by atomic mass is 16.6. The third-order valence-corrected chi connectivity index (χ3v) is 13.2. The van der Waals surface area contributed by atoms with Gasteiger partial charge in [-0.2, -0.15) is 0 Å². The maximum atomic E-state index is 12.8. The normalized spacial score (nSPS) is 12.5. The van der Waals surface area contributed by atoms with Crippen molar-refractivity contribution >= 4 is 17.9 Å². The molecule has 6 nitrogen and oxygen atoms in total. The minimum absolute atomic E-state index is 0.0773. The first-order valence-corrected chi connectivity index (χ1v) is 30.4. The average Bonchev–Trinajstić information content (AvgIpc) is 3.37. The molecule has 410 valence electrons. The summed E-state index contributed by atoms with van der Waals surface area (Å²) in [5.41, 5.74) is 0. The lowest BCUT2D eigenvalue weighted by atomic mass is 10.0. The summed E-state index contributed by atoms with van der Waals surface area (Å²) in [6, 6.07) is 0. The minimum atomic E-state index is -0.778. The Morgan fingerprint density at radius 3 is 0.887 bits per heavy atom. The quantitative estimate of drug-likeness (QED) is 0.0261. The fourth-order valence-electron chi connectivity index (χ4n) is 8.64. The summed E-state index contributed by atoms with van der Waals surface area (Å²) >= 11 is 0. The van der Waals surface area contributed by atoms with E-state index in [1.54, 1.807) is 0 Å². The van der Waals surface area contributed by atoms with E-state index in [-0.39, 0.29) is 31.1 Å². The fourth-order valence-corrected chi connectivity index (χ4v) is 8.64. The number of ether oxygens (including phenoxy) is 3. The Morgan fingerprint density at radius 2 is 0.549 bits per heavy atom. The molecular formula is C65H114O6. The molecule has 0 aromatic rings. The van der Waals surface area contributed by atoms with Gasteiger partial charge in [-0.05, 0) is 89.9 Å². The molecular weight excluding hydrogens is 877 g/mol. The monoisotopic (exact) mass is 991 g/mol. The van der Waals surface area contributed by atoms with Gasteiger partial charge in [0.05, 0.1) is 0 Å². The van der Waals surface area contributed by atoms with E-state index in [1.807, 2.05) is 0 Å². The van der Waals surface area contributed by atoms with Crippen molar-refractivity contribution in [3.05, 3.63) is 72.9 Å². The Balaban J connectivity index is 4.13. The Hall–Kier alpha value is -3.15. The van der Waals surface area contributed by atoms with Crippen LogP contribution in [0.25, 0.3) is 0 Å². The predicted molar refractivity (Wildman–Crippen MR) is 307 cm³/mol. The summed E-state index contributed by atoms with van der Waals surface area (Å²) in [5.74, 6) is -0.883. The number of esters is 3. The molecule has 1 unspecified atom stereocenters. The fraction of sp³-hybridized carbons (Fsp3) is 0.769. The molecule has 1 atom stereocenters. The first kappa shape index (κ1) is 67.8. The van der Waals surface area contributed by atoms with Gasteiger partial charge in [-0.1, -0.05) is 267 Å². The minimum Gasteiger partial charge on any atom is -0.462 e. The van der Waals surface area contributed by atoms with Crippen molar-refractivity contribution in [2.24, 2.45) is 0 Å². The number of hydrogen-bond donors (Lipinski definition) is 0. The van der Waals surface area contributed by atoms with Crippen LogP contribution in [0.5, 0.6) is 0 Å². The molecule has 0 aliphatic rings. The van der Waals surface area contributed by atoms with Crippen molar-refractivity contribution in [1.82, 2.24) is 0 Å². The summed E-state index contributed by atoms with van der Waals surface area (Å²) in [4.78, 5) is 38.1. The van der Waals surface area contributed by atoms with Crippen LogP contribution in [0.4, 0.5) is 0 Å². The largest absolute Gasteiger partial charge is 0.462 e. The van der Waals surface area contributed by atoms with Crippen molar-refractivity contribution in [3.8, 4) is 0 Å². The molecule has 0 aliphatic carbocycles. The van der Waals surface area contributed by atoms with Gasteiger partial charge in [0, 0.05) is 19.3 Å². The molecule has 0 rings (SSSR count). The number of unbranched alkanes of at least 4 members (excludes halogenated alkanes) is 32. The van der Waals surface area contributed by atoms with Crippen LogP contribution in [-0.2, 0) is 28.6 Å². The Labute approximate surface area is 440 Å². The SMILES string of the molecule is CC/C=C\C/C=C\C/C=C\C/C=C\CCCCCCCCCCCCCCCCCCC(=O)OCC(COC(=O)CCCCCCCCCCC)OC(=O)CCCCCCC/C=C\C/C=C\CCCCC. The van der Waals surface area contributed by atoms with E-state index >= 15 is 0 Å². The maximum Gasteiger partial charge on any atom is 0.306 e. The van der Waals surface area contributed by atoms with Gasteiger partial charge in [-0.25, -0.2) is 0 Å². The second-order valence-corrected chi connectivity index (χ2v) is 20.2. The topological polar surface area (TPSA) is 78.9 Å². The lowest BCUT2D eigenvalue weighted by Crippen LogP contribution is -2.30. The van der Waals surface area contributed by atoms with Gasteiger partial charge in [-0.15, -0.1) is 0 Å². The number of carbonyl (C=O) groups excluding carboxylic acids is 3. The molecule has 0 spiro atoms. The third-order valence-electron chi connectivity index (χ3n) is 13.2. The molecule has 0 saturated heterocycles. The van der Waals surface area contributed by atoms with Crippen LogP contribution >= 0.6 is 0 Å². The third kappa shape index (κ3) is 57.6. The second kappa shape index (κ2) is 59.4. The van der Waals surface area contributed by atoms with E-state index < -0.39 is 6.10 Å². The van der Waals surface area contributed by atoms with Crippen LogP contribution in [0.2, 0.25) is 0 Å². The van der Waals surface area contributed by atoms with Crippen molar-refractivity contribution in [3.63, 3.8) is 0 Å². The summed E-state index contributed by atoms with van der Waals surface area (Å²) in [5, 5.41) is 0. The van der Waals surface area contributed by atoms with Gasteiger partial charge in [-0.3, -0.25) is 14.4 Å². The first-order valence-electron chi connectivity index (χ1n) is 30.4. The summed E-state index contributed by atoms with van der Waals surface area (Å²) in [7, 11) is 0. The first-order chi connectivity index (χ1) is 35.0. The molecule has 0 aromatic heterocycles. The van der Waals surface area contributed by atoms with Crippen molar-refractivity contribution in [2.75, 3.05) is 13.2 Å². The van der Waals surface area contributed by atoms with E-state index in [9.17, 15) is 14.4 Å². The van der Waals surface area contributed by atoms with E-state index in [0.717, 1.165) is 109 Å². The molecule has 0 aromatic carbocycles. The lowest BCUT2D eigenvalue weighted by Gasteiger charge is -2.18. The number of allylic oxidation sites excluding steroid dienone is 12. The molecule has 0 fully saturated rings. The van der Waals surface area contributed by atoms with Crippen molar-refractivity contribution < 1.29 is 28.6 Å². The van der Waals surface area contributed by atoms with Gasteiger partial charge < -0.3 is 14.2 Å². The van der Waals surface area contributed by atoms with Crippen molar-refractivity contribution in [1.29, 1.82) is 0 Å². The number of hydrogen-bond acceptors (Lipinski definition) is 6. The average molecular weight is 992 g/mol. The van der Waals surface area contributed by atoms with Crippen LogP contribution in [-0.4, -0.2) is 37.2 Å². The molecule has 0 amide bonds. The molecule has 0 radical (unpaired) electrons. The summed E-state index contributed by atoms with van der Waals surface area (Å²) < 4.78 is 16.8. The van der Waals surface area contributed by atoms with Gasteiger partial charge in [0.25, 0.3) is 0 Å². The summed E-state index contributed by atoms with van der Waals surface area (Å²) in [6.07, 6.45) is 76.3. The van der Waals surface area contributed by atoms with Gasteiger partial charge >= 0.3 is 17.9 Å². The van der Waals surface area contributed by atoms with E-state index in [2.05, 4.69) is 93.7 Å². The van der Waals surface area contributed by atoms with Crippen LogP contribution in [0.15, 0.2) is 72.9 Å². The molecule has 0 heterocycles. The molecule has 0 bridgehead atoms. The van der Waals surface area contributed by atoms with E-state index in [1.165, 1.54) is 154 Å². The Kier molecular flexibility index (Phi) is 56.8. The number of carbonyl (C=O) groups is 3. The molecule has 0 aliphatic heterocycles. The van der Waals surface area contributed by atoms with Gasteiger partial charge in [0.15, 0.2) is 6.10 Å². The standard InChI is InChI=1S/C65H114O6/c1-4-7-10-13-16-19-21-23-25-26-27-28-29-30-31-32-33-34-35-36-37-38-40-41-43-46-49-52-55-58-64(67)70-61-62(60-69-63(66)57-54-51-48-45-18-15-12-9-6-3)71-65(68)59-56-53-50-47-44-42-39-24-22-20-17-14-11-8-5-2/h7,10,16-17,19-20,23-25,27-28,39,62H,4-6,8-9,11-15,18,21-22,26,29-38,40-61H2,1-3H3/b10-7-,19-16-,20-17-,25-23-,28-27-,39-24-. The van der Waals surface area contributed by atoms with Gasteiger partial charge in [0.1, 0.15) is 13.2 Å². The van der Waals surface area contributed by atoms with Crippen molar-refractivity contribution in [2.45, 2.75) is 309 Å². The van der Waals surface area contributed by atoms with Crippen LogP contribution in [0.3, 0.4) is 0 Å². The maximum absolute atomic E-state index is 12.8. The molecule has 6 heteroatoms. The highest BCUT2D eigenvalue weighted by Gasteiger charge is 2.19. The van der Waals surface area contributed by atoms with E-state index in [0.29, 0.717) is 19.3 Å². The Morgan fingerprint density at radius 1 is 0.296 bits per heavy atom. The lowest BCUT2D eigenvalue weighted by molar-refractivity contribution is -0.167. The smallest absolute Gasteiger partial charge is 0.306 e. The number of rotatable bonds is 55.